The van der Waals surface area contributed by atoms with Gasteiger partial charge < -0.3 is 15.5 Å². The van der Waals surface area contributed by atoms with Crippen LogP contribution < -0.4 is 15.5 Å². The fourth-order valence-corrected chi connectivity index (χ4v) is 3.00. The number of pyridine rings is 2. The van der Waals surface area contributed by atoms with E-state index in [0.29, 0.717) is 0 Å². The maximum atomic E-state index is 5.99. The Kier molecular flexibility index (Phi) is 3.73. The fourth-order valence-electron chi connectivity index (χ4n) is 2.50. The quantitative estimate of drug-likeness (QED) is 0.912. The fraction of sp³-hybridized carbons (Fsp3) is 0.286. The number of nitrogens with two attached hydrogens (primary N) is 1. The molecule has 2 aromatic rings. The van der Waals surface area contributed by atoms with Crippen LogP contribution in [0.2, 0.25) is 0 Å². The van der Waals surface area contributed by atoms with Gasteiger partial charge in [-0.05, 0) is 28.1 Å². The van der Waals surface area contributed by atoms with Gasteiger partial charge in [0.25, 0.3) is 0 Å². The lowest BCUT2D eigenvalue weighted by atomic mass is 10.2. The summed E-state index contributed by atoms with van der Waals surface area (Å²) in [6.45, 7) is 3.82. The van der Waals surface area contributed by atoms with Crippen LogP contribution >= 0.6 is 15.9 Å². The van der Waals surface area contributed by atoms with Crippen molar-refractivity contribution in [1.29, 1.82) is 0 Å². The van der Waals surface area contributed by atoms with Crippen LogP contribution in [-0.4, -0.2) is 36.1 Å². The highest BCUT2D eigenvalue weighted by Gasteiger charge is 2.20. The van der Waals surface area contributed by atoms with Crippen molar-refractivity contribution in [2.24, 2.45) is 0 Å². The van der Waals surface area contributed by atoms with Crippen LogP contribution in [0.1, 0.15) is 0 Å². The Morgan fingerprint density at radius 3 is 2.05 bits per heavy atom. The van der Waals surface area contributed by atoms with Gasteiger partial charge in [-0.1, -0.05) is 0 Å². The second-order valence-electron chi connectivity index (χ2n) is 4.74. The van der Waals surface area contributed by atoms with E-state index in [1.54, 1.807) is 12.4 Å². The monoisotopic (exact) mass is 333 g/mol. The molecule has 0 aliphatic carbocycles. The molecule has 2 N–H and O–H groups in total. The first kappa shape index (κ1) is 13.2. The molecule has 0 bridgehead atoms. The van der Waals surface area contributed by atoms with E-state index in [9.17, 15) is 0 Å². The van der Waals surface area contributed by atoms with E-state index >= 15 is 0 Å². The Hall–Kier alpha value is -1.82. The number of anilines is 3. The highest BCUT2D eigenvalue weighted by molar-refractivity contribution is 9.10. The predicted octanol–water partition coefficient (Wildman–Crippen LogP) is 2.15. The Morgan fingerprint density at radius 2 is 1.45 bits per heavy atom. The van der Waals surface area contributed by atoms with Gasteiger partial charge in [0.15, 0.2) is 0 Å². The molecule has 3 heterocycles. The molecule has 0 radical (unpaired) electrons. The van der Waals surface area contributed by atoms with Gasteiger partial charge in [-0.15, -0.1) is 0 Å². The molecule has 0 aromatic carbocycles. The molecule has 20 heavy (non-hydrogen) atoms. The summed E-state index contributed by atoms with van der Waals surface area (Å²) in [5.41, 5.74) is 9.00. The molecule has 3 rings (SSSR count). The molecular formula is C14H16BrN5. The van der Waals surface area contributed by atoms with Gasteiger partial charge in [0.1, 0.15) is 0 Å². The molecule has 5 nitrogen and oxygen atoms in total. The van der Waals surface area contributed by atoms with Crippen LogP contribution in [0.3, 0.4) is 0 Å². The van der Waals surface area contributed by atoms with E-state index < -0.39 is 0 Å². The molecule has 1 aliphatic rings. The summed E-state index contributed by atoms with van der Waals surface area (Å²) in [5.74, 6) is 0. The lowest BCUT2D eigenvalue weighted by molar-refractivity contribution is 0.653. The van der Waals surface area contributed by atoms with Crippen molar-refractivity contribution < 1.29 is 0 Å². The molecule has 2 aromatic heterocycles. The minimum absolute atomic E-state index is 0.742. The van der Waals surface area contributed by atoms with E-state index in [-0.39, 0.29) is 0 Å². The number of piperazine rings is 1. The van der Waals surface area contributed by atoms with Crippen molar-refractivity contribution in [2.45, 2.75) is 0 Å². The van der Waals surface area contributed by atoms with Crippen molar-refractivity contribution in [3.8, 4) is 0 Å². The first-order chi connectivity index (χ1) is 9.75. The lowest BCUT2D eigenvalue weighted by Crippen LogP contribution is -2.46. The highest BCUT2D eigenvalue weighted by Crippen LogP contribution is 2.28. The summed E-state index contributed by atoms with van der Waals surface area (Å²) in [4.78, 5) is 12.8. The maximum absolute atomic E-state index is 5.99. The number of rotatable bonds is 2. The third-order valence-corrected chi connectivity index (χ3v) is 4.15. The zero-order valence-corrected chi connectivity index (χ0v) is 12.6. The molecule has 1 fully saturated rings. The molecule has 0 saturated carbocycles. The minimum Gasteiger partial charge on any atom is -0.396 e. The highest BCUT2D eigenvalue weighted by atomic mass is 79.9. The summed E-state index contributed by atoms with van der Waals surface area (Å²) < 4.78 is 1.04. The van der Waals surface area contributed by atoms with Gasteiger partial charge in [0, 0.05) is 44.8 Å². The van der Waals surface area contributed by atoms with Crippen LogP contribution in [0.4, 0.5) is 17.1 Å². The second-order valence-corrected chi connectivity index (χ2v) is 5.59. The molecule has 0 spiro atoms. The first-order valence-electron chi connectivity index (χ1n) is 6.54. The van der Waals surface area contributed by atoms with Crippen molar-refractivity contribution >= 4 is 33.0 Å². The maximum Gasteiger partial charge on any atom is 0.0738 e. The Bertz CT molecular complexity index is 542. The van der Waals surface area contributed by atoms with Gasteiger partial charge in [0.05, 0.1) is 27.7 Å². The number of hydrogen-bond donors (Lipinski definition) is 1. The normalized spacial score (nSPS) is 15.4. The molecule has 0 atom stereocenters. The minimum atomic E-state index is 0.742. The summed E-state index contributed by atoms with van der Waals surface area (Å²) in [6, 6.07) is 4.02. The third kappa shape index (κ3) is 2.56. The number of nitrogens with zero attached hydrogens (tertiary/aromatic N) is 4. The van der Waals surface area contributed by atoms with E-state index in [2.05, 4.69) is 35.7 Å². The van der Waals surface area contributed by atoms with Gasteiger partial charge in [-0.2, -0.15) is 0 Å². The zero-order chi connectivity index (χ0) is 13.9. The third-order valence-electron chi connectivity index (χ3n) is 3.54. The molecule has 1 aliphatic heterocycles. The number of halogens is 1. The molecule has 0 amide bonds. The zero-order valence-electron chi connectivity index (χ0n) is 11.0. The predicted molar refractivity (Wildman–Crippen MR) is 85.0 cm³/mol. The summed E-state index contributed by atoms with van der Waals surface area (Å²) in [7, 11) is 0. The molecule has 1 saturated heterocycles. The molecule has 104 valence electrons. The Balaban J connectivity index is 1.72. The molecule has 0 unspecified atom stereocenters. The molecule has 6 heteroatoms. The van der Waals surface area contributed by atoms with Crippen molar-refractivity contribution in [3.63, 3.8) is 0 Å². The van der Waals surface area contributed by atoms with Crippen molar-refractivity contribution in [2.75, 3.05) is 41.7 Å². The van der Waals surface area contributed by atoms with E-state index in [4.69, 9.17) is 5.73 Å². The van der Waals surface area contributed by atoms with Crippen LogP contribution in [0, 0.1) is 0 Å². The summed E-state index contributed by atoms with van der Waals surface area (Å²) in [6.07, 6.45) is 7.16. The molecular weight excluding hydrogens is 318 g/mol. The second kappa shape index (κ2) is 5.66. The van der Waals surface area contributed by atoms with Crippen LogP contribution in [0.5, 0.6) is 0 Å². The Labute approximate surface area is 126 Å². The smallest absolute Gasteiger partial charge is 0.0738 e. The van der Waals surface area contributed by atoms with E-state index in [1.807, 2.05) is 24.5 Å². The average molecular weight is 334 g/mol. The largest absolute Gasteiger partial charge is 0.396 e. The van der Waals surface area contributed by atoms with E-state index in [1.165, 1.54) is 5.69 Å². The summed E-state index contributed by atoms with van der Waals surface area (Å²) in [5, 5.41) is 0. The van der Waals surface area contributed by atoms with Crippen molar-refractivity contribution in [1.82, 2.24) is 9.97 Å². The van der Waals surface area contributed by atoms with Gasteiger partial charge in [0.2, 0.25) is 0 Å². The lowest BCUT2D eigenvalue weighted by Gasteiger charge is -2.38. The number of nitrogen functional groups attached to an aromatic ring is 1. The van der Waals surface area contributed by atoms with Crippen LogP contribution in [0.25, 0.3) is 0 Å². The SMILES string of the molecule is Nc1cnccc1N1CCN(c2ccncc2Br)CC1. The van der Waals surface area contributed by atoms with Crippen LogP contribution in [-0.2, 0) is 0 Å². The van der Waals surface area contributed by atoms with E-state index in [0.717, 1.165) is 42.0 Å². The average Bonchev–Trinajstić information content (AvgIpc) is 2.49. The van der Waals surface area contributed by atoms with Gasteiger partial charge in [-0.3, -0.25) is 9.97 Å². The van der Waals surface area contributed by atoms with Gasteiger partial charge >= 0.3 is 0 Å². The topological polar surface area (TPSA) is 58.3 Å². The van der Waals surface area contributed by atoms with Crippen molar-refractivity contribution in [3.05, 3.63) is 41.4 Å². The number of hydrogen-bond acceptors (Lipinski definition) is 5. The van der Waals surface area contributed by atoms with Crippen LogP contribution in [0.15, 0.2) is 41.4 Å². The standard InChI is InChI=1S/C14H16BrN5/c15-11-9-17-3-1-13(11)19-5-7-20(8-6-19)14-2-4-18-10-12(14)16/h1-4,9-10H,5-8,16H2. The first-order valence-corrected chi connectivity index (χ1v) is 7.34. The number of aromatic nitrogens is 2. The summed E-state index contributed by atoms with van der Waals surface area (Å²) >= 11 is 3.56. The van der Waals surface area contributed by atoms with Gasteiger partial charge in [-0.25, -0.2) is 0 Å². The Morgan fingerprint density at radius 1 is 0.900 bits per heavy atom.